The predicted octanol–water partition coefficient (Wildman–Crippen LogP) is -0.0329. The molecule has 0 aliphatic carbocycles. The molecule has 6 nitrogen and oxygen atoms in total. The average molecular weight is 193 g/mol. The Morgan fingerprint density at radius 3 is 1.85 bits per heavy atom. The van der Waals surface area contributed by atoms with Crippen molar-refractivity contribution in [2.75, 3.05) is 13.7 Å². The van der Waals surface area contributed by atoms with Gasteiger partial charge in [0.25, 0.3) is 0 Å². The summed E-state index contributed by atoms with van der Waals surface area (Å²) in [6.45, 7) is 5.02. The van der Waals surface area contributed by atoms with Gasteiger partial charge >= 0.3 is 12.1 Å². The SMILES string of the molecule is C=CC(=O)O.CCOC(N)=O.CO. The molecule has 13 heavy (non-hydrogen) atoms. The lowest BCUT2D eigenvalue weighted by atomic mass is 10.7. The fraction of sp³-hybridized carbons (Fsp3) is 0.429. The lowest BCUT2D eigenvalue weighted by Gasteiger charge is -1.89. The lowest BCUT2D eigenvalue weighted by Crippen LogP contribution is -2.11. The number of nitrogens with two attached hydrogens (primary N) is 1. The molecule has 0 fully saturated rings. The molecular weight excluding hydrogens is 178 g/mol. The Bertz CT molecular complexity index is 146. The van der Waals surface area contributed by atoms with E-state index in [1.807, 2.05) is 0 Å². The van der Waals surface area contributed by atoms with Crippen LogP contribution in [0.15, 0.2) is 12.7 Å². The van der Waals surface area contributed by atoms with Gasteiger partial charge in [-0.25, -0.2) is 9.59 Å². The van der Waals surface area contributed by atoms with E-state index in [0.29, 0.717) is 6.61 Å². The van der Waals surface area contributed by atoms with Crippen LogP contribution in [0.1, 0.15) is 6.92 Å². The van der Waals surface area contributed by atoms with E-state index in [-0.39, 0.29) is 0 Å². The molecule has 0 aromatic carbocycles. The molecule has 78 valence electrons. The van der Waals surface area contributed by atoms with Crippen molar-refractivity contribution >= 4 is 12.1 Å². The minimum absolute atomic E-state index is 0.356. The van der Waals surface area contributed by atoms with Crippen LogP contribution >= 0.6 is 0 Å². The number of amides is 1. The smallest absolute Gasteiger partial charge is 0.404 e. The van der Waals surface area contributed by atoms with E-state index in [2.05, 4.69) is 17.0 Å². The monoisotopic (exact) mass is 193 g/mol. The summed E-state index contributed by atoms with van der Waals surface area (Å²) in [7, 11) is 1.00. The number of carboxylic acids is 1. The van der Waals surface area contributed by atoms with Gasteiger partial charge in [-0.05, 0) is 6.92 Å². The minimum atomic E-state index is -0.981. The second kappa shape index (κ2) is 16.8. The topological polar surface area (TPSA) is 110 Å². The number of primary amides is 1. The molecule has 0 aliphatic heterocycles. The fourth-order valence-corrected chi connectivity index (χ4v) is 0.142. The maximum Gasteiger partial charge on any atom is 0.404 e. The van der Waals surface area contributed by atoms with Crippen LogP contribution in [0, 0.1) is 0 Å². The first-order valence-corrected chi connectivity index (χ1v) is 3.26. The molecule has 0 saturated carbocycles. The first kappa shape index (κ1) is 17.5. The Morgan fingerprint density at radius 1 is 1.54 bits per heavy atom. The number of carbonyl (C=O) groups excluding carboxylic acids is 1. The van der Waals surface area contributed by atoms with Gasteiger partial charge < -0.3 is 20.7 Å². The number of carbonyl (C=O) groups is 2. The van der Waals surface area contributed by atoms with Crippen molar-refractivity contribution in [1.82, 2.24) is 0 Å². The van der Waals surface area contributed by atoms with Gasteiger partial charge in [0.1, 0.15) is 0 Å². The molecule has 4 N–H and O–H groups in total. The van der Waals surface area contributed by atoms with Gasteiger partial charge in [-0.2, -0.15) is 0 Å². The first-order valence-electron chi connectivity index (χ1n) is 3.26. The van der Waals surface area contributed by atoms with E-state index in [9.17, 15) is 9.59 Å². The number of aliphatic hydroxyl groups excluding tert-OH is 1. The number of ether oxygens (including phenoxy) is 1. The van der Waals surface area contributed by atoms with Crippen LogP contribution < -0.4 is 5.73 Å². The highest BCUT2D eigenvalue weighted by Crippen LogP contribution is 1.66. The summed E-state index contributed by atoms with van der Waals surface area (Å²) in [5, 5.41) is 14.6. The first-order chi connectivity index (χ1) is 6.04. The van der Waals surface area contributed by atoms with Crippen molar-refractivity contribution < 1.29 is 24.5 Å². The standard InChI is InChI=1S/C3H7NO2.C3H4O2.CH4O/c1-2-6-3(4)5;1-2-3(4)5;1-2/h2H2,1H3,(H2,4,5);2H,1H2,(H,4,5);2H,1H3. The summed E-state index contributed by atoms with van der Waals surface area (Å²) < 4.78 is 4.18. The van der Waals surface area contributed by atoms with Crippen LogP contribution in [0.5, 0.6) is 0 Å². The Labute approximate surface area is 76.6 Å². The fourth-order valence-electron chi connectivity index (χ4n) is 0.142. The summed E-state index contributed by atoms with van der Waals surface area (Å²) in [5.41, 5.74) is 4.54. The average Bonchev–Trinajstić information content (AvgIpc) is 2.09. The molecule has 0 unspecified atom stereocenters. The van der Waals surface area contributed by atoms with Gasteiger partial charge in [0.05, 0.1) is 6.61 Å². The Kier molecular flexibility index (Phi) is 22.6. The zero-order valence-corrected chi connectivity index (χ0v) is 7.69. The third-order valence-electron chi connectivity index (χ3n) is 0.461. The van der Waals surface area contributed by atoms with Crippen molar-refractivity contribution in [3.63, 3.8) is 0 Å². The lowest BCUT2D eigenvalue weighted by molar-refractivity contribution is -0.131. The second-order valence-corrected chi connectivity index (χ2v) is 1.29. The molecule has 0 rings (SSSR count). The van der Waals surface area contributed by atoms with Gasteiger partial charge in [-0.3, -0.25) is 0 Å². The van der Waals surface area contributed by atoms with Crippen molar-refractivity contribution in [2.45, 2.75) is 6.92 Å². The largest absolute Gasteiger partial charge is 0.478 e. The van der Waals surface area contributed by atoms with Crippen molar-refractivity contribution in [3.05, 3.63) is 12.7 Å². The molecule has 0 aromatic rings. The summed E-state index contributed by atoms with van der Waals surface area (Å²) in [4.78, 5) is 18.8. The third kappa shape index (κ3) is 62.8. The minimum Gasteiger partial charge on any atom is -0.478 e. The van der Waals surface area contributed by atoms with Crippen molar-refractivity contribution in [3.8, 4) is 0 Å². The van der Waals surface area contributed by atoms with Gasteiger partial charge in [-0.1, -0.05) is 6.58 Å². The molecule has 0 saturated heterocycles. The molecule has 0 heterocycles. The van der Waals surface area contributed by atoms with E-state index in [0.717, 1.165) is 13.2 Å². The summed E-state index contributed by atoms with van der Waals surface area (Å²) in [6, 6.07) is 0. The van der Waals surface area contributed by atoms with E-state index >= 15 is 0 Å². The normalized spacial score (nSPS) is 6.38. The van der Waals surface area contributed by atoms with Crippen molar-refractivity contribution in [1.29, 1.82) is 0 Å². The molecular formula is C7H15NO5. The zero-order chi connectivity index (χ0) is 11.3. The second-order valence-electron chi connectivity index (χ2n) is 1.29. The quantitative estimate of drug-likeness (QED) is 0.533. The molecule has 0 atom stereocenters. The van der Waals surface area contributed by atoms with Crippen molar-refractivity contribution in [2.24, 2.45) is 5.73 Å². The molecule has 0 spiro atoms. The Morgan fingerprint density at radius 2 is 1.85 bits per heavy atom. The van der Waals surface area contributed by atoms with Crippen LogP contribution in [0.3, 0.4) is 0 Å². The maximum absolute atomic E-state index is 9.60. The Balaban J connectivity index is -0.000000131. The molecule has 0 radical (unpaired) electrons. The van der Waals surface area contributed by atoms with Gasteiger partial charge in [0, 0.05) is 13.2 Å². The van der Waals surface area contributed by atoms with Crippen LogP contribution in [-0.2, 0) is 9.53 Å². The highest BCUT2D eigenvalue weighted by molar-refractivity contribution is 5.78. The van der Waals surface area contributed by atoms with E-state index in [1.54, 1.807) is 6.92 Å². The molecule has 1 amide bonds. The number of carboxylic acid groups (broad SMARTS) is 1. The summed E-state index contributed by atoms with van der Waals surface area (Å²) in [6.07, 6.45) is 0.123. The number of aliphatic carboxylic acids is 1. The van der Waals surface area contributed by atoms with Gasteiger partial charge in [0.2, 0.25) is 0 Å². The molecule has 0 bridgehead atoms. The highest BCUT2D eigenvalue weighted by Gasteiger charge is 1.82. The maximum atomic E-state index is 9.60. The molecule has 0 aromatic heterocycles. The highest BCUT2D eigenvalue weighted by atomic mass is 16.5. The van der Waals surface area contributed by atoms with Gasteiger partial charge in [0.15, 0.2) is 0 Å². The van der Waals surface area contributed by atoms with E-state index in [4.69, 9.17) is 10.2 Å². The number of hydrogen-bond acceptors (Lipinski definition) is 4. The number of hydrogen-bond donors (Lipinski definition) is 3. The Hall–Kier alpha value is -1.56. The van der Waals surface area contributed by atoms with Gasteiger partial charge in [-0.15, -0.1) is 0 Å². The third-order valence-corrected chi connectivity index (χ3v) is 0.461. The summed E-state index contributed by atoms with van der Waals surface area (Å²) >= 11 is 0. The number of aliphatic hydroxyl groups is 1. The summed E-state index contributed by atoms with van der Waals surface area (Å²) in [5.74, 6) is -0.981. The van der Waals surface area contributed by atoms with Crippen LogP contribution in [0.25, 0.3) is 0 Å². The number of rotatable bonds is 2. The molecule has 0 aliphatic rings. The van der Waals surface area contributed by atoms with E-state index in [1.165, 1.54) is 0 Å². The van der Waals surface area contributed by atoms with Crippen LogP contribution in [0.2, 0.25) is 0 Å². The van der Waals surface area contributed by atoms with Crippen LogP contribution in [0.4, 0.5) is 4.79 Å². The van der Waals surface area contributed by atoms with E-state index < -0.39 is 12.1 Å². The molecule has 6 heteroatoms. The zero-order valence-electron chi connectivity index (χ0n) is 7.69. The van der Waals surface area contributed by atoms with Crippen LogP contribution in [-0.4, -0.2) is 36.0 Å². The predicted molar refractivity (Wildman–Crippen MR) is 47.2 cm³/mol.